The van der Waals surface area contributed by atoms with Crippen LogP contribution in [0.2, 0.25) is 0 Å². The van der Waals surface area contributed by atoms with Gasteiger partial charge in [-0.3, -0.25) is 4.79 Å². The largest absolute Gasteiger partial charge is 0.416 e. The van der Waals surface area contributed by atoms with Crippen LogP contribution in [0.5, 0.6) is 0 Å². The van der Waals surface area contributed by atoms with Gasteiger partial charge in [0, 0.05) is 12.1 Å². The Morgan fingerprint density at radius 2 is 1.13 bits per heavy atom. The smallest absolute Gasteiger partial charge is 0.346 e. The summed E-state index contributed by atoms with van der Waals surface area (Å²) >= 11 is 0. The molecule has 9 heteroatoms. The highest BCUT2D eigenvalue weighted by molar-refractivity contribution is 5.93. The van der Waals surface area contributed by atoms with Crippen LogP contribution in [-0.4, -0.2) is 12.5 Å². The summed E-state index contributed by atoms with van der Waals surface area (Å²) in [5.41, 5.74) is 1.94. The molecular weight excluding hydrogens is 698 g/mol. The van der Waals surface area contributed by atoms with Crippen LogP contribution >= 0.6 is 0 Å². The van der Waals surface area contributed by atoms with Crippen LogP contribution in [0.15, 0.2) is 140 Å². The minimum absolute atomic E-state index is 0. The Kier molecular flexibility index (Phi) is 14.2. The van der Waals surface area contributed by atoms with Crippen molar-refractivity contribution in [1.29, 1.82) is 0 Å². The van der Waals surface area contributed by atoms with Gasteiger partial charge in [-0.2, -0.15) is 26.3 Å². The molecule has 0 fully saturated rings. The van der Waals surface area contributed by atoms with Crippen LogP contribution in [0.1, 0.15) is 73.2 Å². The molecule has 0 aromatic heterocycles. The molecule has 0 heterocycles. The molecule has 0 aliphatic rings. The van der Waals surface area contributed by atoms with E-state index in [2.05, 4.69) is 47.9 Å². The van der Waals surface area contributed by atoms with Gasteiger partial charge in [0.2, 0.25) is 5.91 Å². The van der Waals surface area contributed by atoms with E-state index >= 15 is 0 Å². The number of alkyl halides is 6. The van der Waals surface area contributed by atoms with Crippen molar-refractivity contribution in [2.24, 2.45) is 0 Å². The monoisotopic (exact) mass is 742 g/mol. The fourth-order valence-corrected chi connectivity index (χ4v) is 6.21. The highest BCUT2D eigenvalue weighted by Gasteiger charge is 2.31. The van der Waals surface area contributed by atoms with Gasteiger partial charge in [-0.05, 0) is 101 Å². The molecule has 0 aliphatic carbocycles. The normalized spacial score (nSPS) is 12.8. The fourth-order valence-electron chi connectivity index (χ4n) is 6.21. The minimum Gasteiger partial charge on any atom is -0.346 e. The van der Waals surface area contributed by atoms with E-state index in [4.69, 9.17) is 0 Å². The first-order valence-corrected chi connectivity index (χ1v) is 17.3. The van der Waals surface area contributed by atoms with Gasteiger partial charge in [-0.25, -0.2) is 0 Å². The second-order valence-electron chi connectivity index (χ2n) is 12.8. The summed E-state index contributed by atoms with van der Waals surface area (Å²) in [6.45, 7) is 4.74. The highest BCUT2D eigenvalue weighted by Crippen LogP contribution is 2.31. The molecule has 0 aliphatic heterocycles. The molecular formula is C45H44F6N2O. The molecule has 0 spiro atoms. The lowest BCUT2D eigenvalue weighted by Crippen LogP contribution is -2.24. The molecule has 6 aromatic carbocycles. The van der Waals surface area contributed by atoms with Crippen molar-refractivity contribution < 1.29 is 31.1 Å². The van der Waals surface area contributed by atoms with E-state index in [-0.39, 0.29) is 25.4 Å². The molecule has 282 valence electrons. The van der Waals surface area contributed by atoms with Crippen LogP contribution < -0.4 is 10.6 Å². The molecule has 2 N–H and O–H groups in total. The zero-order valence-corrected chi connectivity index (χ0v) is 29.3. The summed E-state index contributed by atoms with van der Waals surface area (Å²) in [6, 6.07) is 38.7. The van der Waals surface area contributed by atoms with E-state index in [0.29, 0.717) is 12.0 Å². The van der Waals surface area contributed by atoms with Crippen molar-refractivity contribution >= 4 is 33.5 Å². The minimum atomic E-state index is -4.41. The fraction of sp³-hybridized carbons (Fsp3) is 0.222. The Morgan fingerprint density at radius 1 is 0.630 bits per heavy atom. The zero-order valence-electron chi connectivity index (χ0n) is 29.3. The lowest BCUT2D eigenvalue weighted by molar-refractivity contribution is -0.138. The van der Waals surface area contributed by atoms with E-state index in [9.17, 15) is 31.1 Å². The molecule has 0 unspecified atom stereocenters. The summed E-state index contributed by atoms with van der Waals surface area (Å²) in [5.74, 6) is -0.368. The number of nitrogens with one attached hydrogen (secondary N) is 2. The second kappa shape index (κ2) is 18.6. The maximum Gasteiger partial charge on any atom is 0.416 e. The van der Waals surface area contributed by atoms with Gasteiger partial charge in [-0.15, -0.1) is 0 Å². The number of hydrogen-bond acceptors (Lipinski definition) is 2. The van der Waals surface area contributed by atoms with Gasteiger partial charge in [0.1, 0.15) is 0 Å². The highest BCUT2D eigenvalue weighted by atomic mass is 19.4. The Morgan fingerprint density at radius 3 is 1.72 bits per heavy atom. The molecule has 0 saturated carbocycles. The van der Waals surface area contributed by atoms with Crippen molar-refractivity contribution in [3.05, 3.63) is 173 Å². The Hall–Kier alpha value is -5.41. The number of carbonyl (C=O) groups is 1. The summed E-state index contributed by atoms with van der Waals surface area (Å²) in [7, 11) is 0. The molecule has 0 bridgehead atoms. The van der Waals surface area contributed by atoms with Crippen molar-refractivity contribution in [3.63, 3.8) is 0 Å². The number of amides is 1. The average Bonchev–Trinajstić information content (AvgIpc) is 3.15. The molecule has 2 atom stereocenters. The van der Waals surface area contributed by atoms with Crippen molar-refractivity contribution in [2.45, 2.75) is 58.6 Å². The number of fused-ring (bicyclic) bond motifs is 2. The maximum atomic E-state index is 12.8. The first kappa shape index (κ1) is 41.3. The Balaban J connectivity index is 0.000000236. The molecule has 6 rings (SSSR count). The summed E-state index contributed by atoms with van der Waals surface area (Å²) < 4.78 is 76.5. The molecule has 3 nitrogen and oxygen atoms in total. The van der Waals surface area contributed by atoms with Gasteiger partial charge in [-0.1, -0.05) is 123 Å². The lowest BCUT2D eigenvalue weighted by atomic mass is 9.99. The molecule has 6 aromatic rings. The lowest BCUT2D eigenvalue weighted by Gasteiger charge is -2.17. The topological polar surface area (TPSA) is 41.1 Å². The van der Waals surface area contributed by atoms with Crippen LogP contribution in [0.25, 0.3) is 27.6 Å². The van der Waals surface area contributed by atoms with Crippen LogP contribution in [-0.2, 0) is 23.6 Å². The number of rotatable bonds is 10. The predicted molar refractivity (Wildman–Crippen MR) is 208 cm³/mol. The third-order valence-electron chi connectivity index (χ3n) is 8.93. The van der Waals surface area contributed by atoms with E-state index in [0.717, 1.165) is 53.1 Å². The summed E-state index contributed by atoms with van der Waals surface area (Å²) in [5, 5.41) is 10.9. The number of carbonyl (C=O) groups excluding carboxylic acids is 1. The average molecular weight is 743 g/mol. The SMILES string of the molecule is C.C[C@@H](NC(=O)/C=C/c1cccc(C(F)(F)F)c1)c1cccc2ccccc12.C[C@@H](NCCCc1cccc(C(F)(F)F)c1)c1cccc2ccccc12. The Labute approximate surface area is 312 Å². The number of benzene rings is 6. The second-order valence-corrected chi connectivity index (χ2v) is 12.8. The molecule has 0 radical (unpaired) electrons. The predicted octanol–water partition coefficient (Wildman–Crippen LogP) is 12.5. The summed E-state index contributed by atoms with van der Waals surface area (Å²) in [6.07, 6.45) is -4.65. The van der Waals surface area contributed by atoms with E-state index < -0.39 is 23.5 Å². The zero-order chi connectivity index (χ0) is 38.0. The Bertz CT molecular complexity index is 2160. The first-order valence-electron chi connectivity index (χ1n) is 17.3. The summed E-state index contributed by atoms with van der Waals surface area (Å²) in [4.78, 5) is 12.2. The van der Waals surface area contributed by atoms with E-state index in [1.54, 1.807) is 6.07 Å². The number of hydrogen-bond donors (Lipinski definition) is 2. The van der Waals surface area contributed by atoms with Gasteiger partial charge in [0.25, 0.3) is 0 Å². The van der Waals surface area contributed by atoms with Gasteiger partial charge in [0.05, 0.1) is 17.2 Å². The standard InChI is InChI=1S/C22H18F3NO.C22H22F3N.CH4/c1-15(19-11-5-8-17-7-2-3-10-20(17)19)26-21(27)13-12-16-6-4-9-18(14-16)22(23,24)25;1-16(20-13-5-10-18-9-2-3-12-21(18)20)26-14-6-8-17-7-4-11-19(15-17)22(23,24)25;/h2-15H,1H3,(H,26,27);2-5,7,9-13,15-16,26H,6,8,14H2,1H3;1H4/b13-12+;;/t15-;16-;/m11./s1. The first-order chi connectivity index (χ1) is 25.3. The van der Waals surface area contributed by atoms with Gasteiger partial charge < -0.3 is 10.6 Å². The van der Waals surface area contributed by atoms with E-state index in [1.807, 2.05) is 61.5 Å². The maximum absolute atomic E-state index is 12.8. The van der Waals surface area contributed by atoms with Gasteiger partial charge in [0.15, 0.2) is 0 Å². The van der Waals surface area contributed by atoms with Crippen LogP contribution in [0, 0.1) is 0 Å². The van der Waals surface area contributed by atoms with Gasteiger partial charge >= 0.3 is 12.4 Å². The molecule has 54 heavy (non-hydrogen) atoms. The third kappa shape index (κ3) is 11.3. The van der Waals surface area contributed by atoms with E-state index in [1.165, 1.54) is 52.8 Å². The molecule has 0 saturated heterocycles. The number of halogens is 6. The quantitative estimate of drug-likeness (QED) is 0.0834. The third-order valence-corrected chi connectivity index (χ3v) is 8.93. The number of aryl methyl sites for hydroxylation is 1. The van der Waals surface area contributed by atoms with Crippen molar-refractivity contribution in [1.82, 2.24) is 10.6 Å². The molecule has 1 amide bonds. The van der Waals surface area contributed by atoms with Crippen LogP contribution in [0.3, 0.4) is 0 Å². The van der Waals surface area contributed by atoms with Crippen molar-refractivity contribution in [3.8, 4) is 0 Å². The van der Waals surface area contributed by atoms with Crippen molar-refractivity contribution in [2.75, 3.05) is 6.54 Å². The van der Waals surface area contributed by atoms with Crippen LogP contribution in [0.4, 0.5) is 26.3 Å².